The Hall–Kier alpha value is -4.02. The number of hydrogen-bond acceptors (Lipinski definition) is 7. The molecule has 11 heteroatoms. The number of fused-ring (bicyclic) bond motifs is 1. The van der Waals surface area contributed by atoms with E-state index in [0.717, 1.165) is 37.3 Å². The largest absolute Gasteiger partial charge is 0.412 e. The zero-order valence-corrected chi connectivity index (χ0v) is 24.0. The minimum atomic E-state index is -0.495. The molecule has 0 saturated heterocycles. The quantitative estimate of drug-likeness (QED) is 0.210. The fourth-order valence-electron chi connectivity index (χ4n) is 4.55. The molecular formula is C30H34ClN7O3. The summed E-state index contributed by atoms with van der Waals surface area (Å²) in [5.74, 6) is 1.32. The lowest BCUT2D eigenvalue weighted by Crippen LogP contribution is -2.29. The van der Waals surface area contributed by atoms with Crippen LogP contribution in [0.1, 0.15) is 42.5 Å². The zero-order valence-electron chi connectivity index (χ0n) is 23.3. The topological polar surface area (TPSA) is 114 Å². The van der Waals surface area contributed by atoms with Crippen molar-refractivity contribution in [3.63, 3.8) is 0 Å². The number of halogens is 1. The Bertz CT molecular complexity index is 1500. The van der Waals surface area contributed by atoms with Crippen LogP contribution in [0.3, 0.4) is 0 Å². The number of amides is 2. The van der Waals surface area contributed by atoms with Crippen molar-refractivity contribution in [2.24, 2.45) is 5.92 Å². The number of carbonyl (C=O) groups is 2. The predicted molar refractivity (Wildman–Crippen MR) is 159 cm³/mol. The highest BCUT2D eigenvalue weighted by Gasteiger charge is 2.22. The molecule has 4 aromatic rings. The number of anilines is 1. The first-order chi connectivity index (χ1) is 19.9. The second kappa shape index (κ2) is 13.1. The van der Waals surface area contributed by atoms with Gasteiger partial charge in [0.25, 0.3) is 5.91 Å². The Labute approximate surface area is 244 Å². The maximum Gasteiger partial charge on any atom is 0.412 e. The number of aryl methyl sites for hydroxylation is 1. The number of carbonyl (C=O) groups excluding carboxylic acids is 2. The summed E-state index contributed by atoms with van der Waals surface area (Å²) in [6.07, 6.45) is 8.17. The summed E-state index contributed by atoms with van der Waals surface area (Å²) < 4.78 is 7.24. The van der Waals surface area contributed by atoms with Crippen molar-refractivity contribution < 1.29 is 14.3 Å². The lowest BCUT2D eigenvalue weighted by atomic mass is 10.1. The van der Waals surface area contributed by atoms with Crippen LogP contribution in [0.15, 0.2) is 54.9 Å². The zero-order chi connectivity index (χ0) is 28.8. The van der Waals surface area contributed by atoms with Gasteiger partial charge in [-0.25, -0.2) is 14.5 Å². The predicted octanol–water partition coefficient (Wildman–Crippen LogP) is 5.63. The van der Waals surface area contributed by atoms with E-state index in [1.54, 1.807) is 36.5 Å². The van der Waals surface area contributed by atoms with Crippen LogP contribution in [0.4, 0.5) is 10.6 Å². The van der Waals surface area contributed by atoms with E-state index in [9.17, 15) is 9.59 Å². The average molecular weight is 576 g/mol. The molecule has 10 nitrogen and oxygen atoms in total. The first kappa shape index (κ1) is 28.5. The number of nitrogens with one attached hydrogen (secondary N) is 2. The fourth-order valence-corrected chi connectivity index (χ4v) is 4.81. The maximum atomic E-state index is 12.9. The lowest BCUT2D eigenvalue weighted by Gasteiger charge is -2.10. The van der Waals surface area contributed by atoms with Crippen molar-refractivity contribution in [2.75, 3.05) is 32.5 Å². The van der Waals surface area contributed by atoms with Crippen molar-refractivity contribution in [2.45, 2.75) is 38.6 Å². The number of nitrogens with zero attached hydrogens (tertiary/aromatic N) is 5. The van der Waals surface area contributed by atoms with Gasteiger partial charge in [0, 0.05) is 31.0 Å². The highest BCUT2D eigenvalue weighted by Crippen LogP contribution is 2.35. The third-order valence-corrected chi connectivity index (χ3v) is 7.19. The highest BCUT2D eigenvalue weighted by atomic mass is 35.5. The van der Waals surface area contributed by atoms with Crippen LogP contribution in [-0.2, 0) is 6.54 Å². The molecule has 0 atom stereocenters. The molecule has 0 radical (unpaired) electrons. The minimum Gasteiger partial charge on any atom is -0.410 e. The van der Waals surface area contributed by atoms with Gasteiger partial charge in [0.2, 0.25) is 0 Å². The van der Waals surface area contributed by atoms with Gasteiger partial charge in [-0.1, -0.05) is 24.4 Å². The molecule has 0 aliphatic heterocycles. The van der Waals surface area contributed by atoms with Crippen LogP contribution in [0.25, 0.3) is 22.3 Å². The Morgan fingerprint density at radius 1 is 1.15 bits per heavy atom. The normalized spacial score (nSPS) is 13.0. The molecule has 41 heavy (non-hydrogen) atoms. The van der Waals surface area contributed by atoms with E-state index in [-0.39, 0.29) is 5.91 Å². The van der Waals surface area contributed by atoms with Crippen molar-refractivity contribution >= 4 is 40.5 Å². The maximum absolute atomic E-state index is 12.9. The lowest BCUT2D eigenvalue weighted by molar-refractivity contribution is 0.102. The molecule has 1 aromatic carbocycles. The molecule has 0 unspecified atom stereocenters. The average Bonchev–Trinajstić information content (AvgIpc) is 3.74. The van der Waals surface area contributed by atoms with E-state index in [0.29, 0.717) is 52.0 Å². The van der Waals surface area contributed by atoms with Gasteiger partial charge in [-0.05, 0) is 88.3 Å². The molecule has 214 valence electrons. The number of ether oxygens (including phenoxy) is 1. The van der Waals surface area contributed by atoms with Crippen LogP contribution >= 0.6 is 11.6 Å². The third kappa shape index (κ3) is 7.59. The number of hydrogen-bond donors (Lipinski definition) is 2. The van der Waals surface area contributed by atoms with Crippen LogP contribution in [0, 0.1) is 5.92 Å². The van der Waals surface area contributed by atoms with E-state index < -0.39 is 6.09 Å². The molecule has 0 spiro atoms. The van der Waals surface area contributed by atoms with Crippen LogP contribution in [0.5, 0.6) is 5.75 Å². The molecule has 1 aliphatic rings. The van der Waals surface area contributed by atoms with Crippen molar-refractivity contribution in [1.82, 2.24) is 30.0 Å². The molecule has 1 aliphatic carbocycles. The summed E-state index contributed by atoms with van der Waals surface area (Å²) in [7, 11) is 3.98. The number of benzene rings is 1. The Morgan fingerprint density at radius 2 is 1.95 bits per heavy atom. The summed E-state index contributed by atoms with van der Waals surface area (Å²) in [4.78, 5) is 36.0. The first-order valence-electron chi connectivity index (χ1n) is 13.9. The van der Waals surface area contributed by atoms with Gasteiger partial charge in [-0.3, -0.25) is 9.78 Å². The Balaban J connectivity index is 1.35. The third-order valence-electron chi connectivity index (χ3n) is 6.90. The van der Waals surface area contributed by atoms with Crippen molar-refractivity contribution in [3.8, 4) is 17.0 Å². The minimum absolute atomic E-state index is 0.305. The number of pyridine rings is 2. The Kier molecular flexibility index (Phi) is 9.11. The first-order valence-corrected chi connectivity index (χ1v) is 14.2. The highest BCUT2D eigenvalue weighted by molar-refractivity contribution is 6.34. The summed E-state index contributed by atoms with van der Waals surface area (Å²) >= 11 is 6.72. The molecule has 0 bridgehead atoms. The van der Waals surface area contributed by atoms with Gasteiger partial charge in [-0.15, -0.1) is 0 Å². The van der Waals surface area contributed by atoms with Gasteiger partial charge in [0.05, 0.1) is 21.7 Å². The van der Waals surface area contributed by atoms with Gasteiger partial charge >= 0.3 is 6.09 Å². The van der Waals surface area contributed by atoms with Crippen molar-refractivity contribution in [3.05, 3.63) is 65.4 Å². The van der Waals surface area contributed by atoms with Gasteiger partial charge in [-0.2, -0.15) is 5.10 Å². The summed E-state index contributed by atoms with van der Waals surface area (Å²) in [5, 5.41) is 11.4. The van der Waals surface area contributed by atoms with E-state index in [2.05, 4.69) is 20.5 Å². The number of rotatable bonds is 12. The standard InChI is InChI=1S/C30H34ClN7O3/c1-37(2)16-5-15-33-30(40)41-23-12-10-21(11-13-23)26-25(31)18-24-27(35-29(39)22-7-3-14-32-19-22)36-38(28(24)34-26)17-4-6-20-8-9-20/h3,7,10-14,18-20H,4-6,8-9,15-17H2,1-2H3,(H,33,40)(H,35,36,39). The molecule has 1 fully saturated rings. The SMILES string of the molecule is CN(C)CCCNC(=O)Oc1ccc(-c2nc3c(cc2Cl)c(NC(=O)c2cccnc2)nn3CCCC2CC2)cc1. The summed E-state index contributed by atoms with van der Waals surface area (Å²) in [5.41, 5.74) is 2.41. The summed E-state index contributed by atoms with van der Waals surface area (Å²) in [6, 6.07) is 12.2. The fraction of sp³-hybridized carbons (Fsp3) is 0.367. The van der Waals surface area contributed by atoms with E-state index >= 15 is 0 Å². The van der Waals surface area contributed by atoms with E-state index in [1.807, 2.05) is 30.9 Å². The summed E-state index contributed by atoms with van der Waals surface area (Å²) in [6.45, 7) is 2.10. The van der Waals surface area contributed by atoms with Gasteiger partial charge < -0.3 is 20.3 Å². The molecule has 5 rings (SSSR count). The van der Waals surface area contributed by atoms with E-state index in [1.165, 1.54) is 19.0 Å². The second-order valence-electron chi connectivity index (χ2n) is 10.5. The van der Waals surface area contributed by atoms with E-state index in [4.69, 9.17) is 26.4 Å². The van der Waals surface area contributed by atoms with Crippen molar-refractivity contribution in [1.29, 1.82) is 0 Å². The number of aromatic nitrogens is 4. The molecule has 2 N–H and O–H groups in total. The van der Waals surface area contributed by atoms with Gasteiger partial charge in [0.15, 0.2) is 11.5 Å². The molecule has 3 aromatic heterocycles. The monoisotopic (exact) mass is 575 g/mol. The molecule has 1 saturated carbocycles. The molecule has 2 amide bonds. The Morgan fingerprint density at radius 3 is 2.66 bits per heavy atom. The molecular weight excluding hydrogens is 542 g/mol. The second-order valence-corrected chi connectivity index (χ2v) is 10.9. The van der Waals surface area contributed by atoms with Crippen LogP contribution in [0.2, 0.25) is 5.02 Å². The van der Waals surface area contributed by atoms with Gasteiger partial charge in [0.1, 0.15) is 5.75 Å². The smallest absolute Gasteiger partial charge is 0.410 e. The van der Waals surface area contributed by atoms with Crippen LogP contribution in [-0.4, -0.2) is 63.8 Å². The molecule has 3 heterocycles. The van der Waals surface area contributed by atoms with Crippen LogP contribution < -0.4 is 15.4 Å².